The van der Waals surface area contributed by atoms with Crippen molar-refractivity contribution in [1.29, 1.82) is 0 Å². The SMILES string of the molecule is C=CCN(c1ccc(C(=O)OCC)cc1)S(=O)(=O)c1ccc2ccccc2c1. The van der Waals surface area contributed by atoms with Crippen molar-refractivity contribution in [3.05, 3.63) is 84.9 Å². The quantitative estimate of drug-likeness (QED) is 0.439. The van der Waals surface area contributed by atoms with E-state index in [-0.39, 0.29) is 18.0 Å². The first-order valence-corrected chi connectivity index (χ1v) is 10.3. The summed E-state index contributed by atoms with van der Waals surface area (Å²) in [6.45, 7) is 5.79. The van der Waals surface area contributed by atoms with Crippen LogP contribution in [0.5, 0.6) is 0 Å². The van der Waals surface area contributed by atoms with Crippen LogP contribution in [0.3, 0.4) is 0 Å². The molecule has 0 unspecified atom stereocenters. The molecule has 0 aromatic heterocycles. The molecule has 0 radical (unpaired) electrons. The Morgan fingerprint density at radius 2 is 1.71 bits per heavy atom. The van der Waals surface area contributed by atoms with Gasteiger partial charge in [0.25, 0.3) is 10.0 Å². The van der Waals surface area contributed by atoms with Crippen LogP contribution in [-0.2, 0) is 14.8 Å². The number of nitrogens with zero attached hydrogens (tertiary/aromatic N) is 1. The highest BCUT2D eigenvalue weighted by molar-refractivity contribution is 7.92. The van der Waals surface area contributed by atoms with Gasteiger partial charge in [-0.25, -0.2) is 13.2 Å². The molecule has 0 fully saturated rings. The van der Waals surface area contributed by atoms with Gasteiger partial charge in [0.15, 0.2) is 0 Å². The van der Waals surface area contributed by atoms with Gasteiger partial charge in [-0.15, -0.1) is 6.58 Å². The molecule has 3 aromatic rings. The summed E-state index contributed by atoms with van der Waals surface area (Å²) in [5, 5.41) is 1.82. The fourth-order valence-corrected chi connectivity index (χ4v) is 4.36. The molecule has 0 N–H and O–H groups in total. The zero-order chi connectivity index (χ0) is 20.1. The summed E-state index contributed by atoms with van der Waals surface area (Å²) < 4.78 is 32.8. The maximum Gasteiger partial charge on any atom is 0.338 e. The first-order valence-electron chi connectivity index (χ1n) is 8.87. The fraction of sp³-hybridized carbons (Fsp3) is 0.136. The lowest BCUT2D eigenvalue weighted by Gasteiger charge is -2.23. The first kappa shape index (κ1) is 19.6. The van der Waals surface area contributed by atoms with Gasteiger partial charge in [-0.1, -0.05) is 36.4 Å². The van der Waals surface area contributed by atoms with Gasteiger partial charge >= 0.3 is 5.97 Å². The lowest BCUT2D eigenvalue weighted by molar-refractivity contribution is 0.0526. The van der Waals surface area contributed by atoms with Crippen LogP contribution in [0.2, 0.25) is 0 Å². The molecule has 0 saturated carbocycles. The van der Waals surface area contributed by atoms with Crippen LogP contribution in [0.25, 0.3) is 10.8 Å². The summed E-state index contributed by atoms with van der Waals surface area (Å²) in [5.74, 6) is -0.443. The standard InChI is InChI=1S/C22H21NO4S/c1-3-15-23(20-12-9-18(10-13-20)22(24)27-4-2)28(25,26)21-14-11-17-7-5-6-8-19(17)16-21/h3,5-14,16H,1,4,15H2,2H3. The first-order chi connectivity index (χ1) is 13.5. The van der Waals surface area contributed by atoms with E-state index in [1.807, 2.05) is 24.3 Å². The summed E-state index contributed by atoms with van der Waals surface area (Å²) in [6.07, 6.45) is 1.53. The number of carbonyl (C=O) groups is 1. The van der Waals surface area contributed by atoms with E-state index in [1.54, 1.807) is 49.4 Å². The second kappa shape index (κ2) is 8.27. The molecule has 5 nitrogen and oxygen atoms in total. The van der Waals surface area contributed by atoms with Crippen LogP contribution in [0.4, 0.5) is 5.69 Å². The monoisotopic (exact) mass is 395 g/mol. The Morgan fingerprint density at radius 3 is 2.36 bits per heavy atom. The summed E-state index contributed by atoms with van der Waals surface area (Å²) in [4.78, 5) is 12.0. The van der Waals surface area contributed by atoms with Crippen molar-refractivity contribution >= 4 is 32.5 Å². The molecule has 0 atom stereocenters. The predicted molar refractivity (Wildman–Crippen MR) is 111 cm³/mol. The van der Waals surface area contributed by atoms with Crippen LogP contribution in [0, 0.1) is 0 Å². The number of esters is 1. The third kappa shape index (κ3) is 3.92. The maximum absolute atomic E-state index is 13.3. The molecule has 3 rings (SSSR count). The van der Waals surface area contributed by atoms with Gasteiger partial charge in [0, 0.05) is 0 Å². The van der Waals surface area contributed by atoms with E-state index in [1.165, 1.54) is 10.4 Å². The number of rotatable bonds is 7. The number of carbonyl (C=O) groups excluding carboxylic acids is 1. The van der Waals surface area contributed by atoms with Crippen molar-refractivity contribution in [3.63, 3.8) is 0 Å². The van der Waals surface area contributed by atoms with Gasteiger partial charge in [0.05, 0.1) is 29.3 Å². The van der Waals surface area contributed by atoms with Gasteiger partial charge in [-0.2, -0.15) is 0 Å². The lowest BCUT2D eigenvalue weighted by atomic mass is 10.1. The number of anilines is 1. The smallest absolute Gasteiger partial charge is 0.338 e. The van der Waals surface area contributed by atoms with E-state index in [2.05, 4.69) is 6.58 Å². The minimum absolute atomic E-state index is 0.105. The molecule has 6 heteroatoms. The summed E-state index contributed by atoms with van der Waals surface area (Å²) in [6, 6.07) is 18.9. The highest BCUT2D eigenvalue weighted by atomic mass is 32.2. The van der Waals surface area contributed by atoms with Crippen molar-refractivity contribution in [3.8, 4) is 0 Å². The molecule has 144 valence electrons. The molecule has 0 aliphatic heterocycles. The van der Waals surface area contributed by atoms with Crippen molar-refractivity contribution < 1.29 is 17.9 Å². The summed E-state index contributed by atoms with van der Waals surface area (Å²) >= 11 is 0. The number of fused-ring (bicyclic) bond motifs is 1. The largest absolute Gasteiger partial charge is 0.462 e. The Morgan fingerprint density at radius 1 is 1.04 bits per heavy atom. The van der Waals surface area contributed by atoms with Gasteiger partial charge in [0.2, 0.25) is 0 Å². The van der Waals surface area contributed by atoms with Crippen LogP contribution in [-0.4, -0.2) is 27.5 Å². The van der Waals surface area contributed by atoms with Crippen LogP contribution in [0.15, 0.2) is 84.3 Å². The number of hydrogen-bond donors (Lipinski definition) is 0. The zero-order valence-electron chi connectivity index (χ0n) is 15.5. The summed E-state index contributed by atoms with van der Waals surface area (Å²) in [7, 11) is -3.81. The minimum Gasteiger partial charge on any atom is -0.462 e. The van der Waals surface area contributed by atoms with E-state index in [4.69, 9.17) is 4.74 Å². The van der Waals surface area contributed by atoms with E-state index < -0.39 is 16.0 Å². The molecule has 0 amide bonds. The number of ether oxygens (including phenoxy) is 1. The molecule has 0 bridgehead atoms. The van der Waals surface area contributed by atoms with Gasteiger partial charge in [0.1, 0.15) is 0 Å². The molecule has 0 aliphatic rings. The number of sulfonamides is 1. The van der Waals surface area contributed by atoms with Gasteiger partial charge < -0.3 is 4.74 Å². The van der Waals surface area contributed by atoms with Crippen LogP contribution in [0.1, 0.15) is 17.3 Å². The van der Waals surface area contributed by atoms with Crippen LogP contribution < -0.4 is 4.31 Å². The third-order valence-corrected chi connectivity index (χ3v) is 6.06. The fourth-order valence-electron chi connectivity index (χ4n) is 2.89. The molecule has 0 heterocycles. The Balaban J connectivity index is 1.99. The van der Waals surface area contributed by atoms with Crippen molar-refractivity contribution in [2.24, 2.45) is 0 Å². The van der Waals surface area contributed by atoms with Gasteiger partial charge in [-0.3, -0.25) is 4.31 Å². The number of hydrogen-bond acceptors (Lipinski definition) is 4. The van der Waals surface area contributed by atoms with Crippen molar-refractivity contribution in [2.45, 2.75) is 11.8 Å². The molecular formula is C22H21NO4S. The molecular weight excluding hydrogens is 374 g/mol. The van der Waals surface area contributed by atoms with Crippen LogP contribution >= 0.6 is 0 Å². The Labute approximate surface area is 164 Å². The molecule has 0 saturated heterocycles. The Hall–Kier alpha value is -3.12. The minimum atomic E-state index is -3.81. The normalized spacial score (nSPS) is 11.2. The van der Waals surface area contributed by atoms with E-state index in [9.17, 15) is 13.2 Å². The predicted octanol–water partition coefficient (Wildman–Crippen LogP) is 4.40. The van der Waals surface area contributed by atoms with Gasteiger partial charge in [-0.05, 0) is 54.1 Å². The third-order valence-electron chi connectivity index (χ3n) is 4.27. The molecule has 28 heavy (non-hydrogen) atoms. The second-order valence-corrected chi connectivity index (χ2v) is 7.96. The van der Waals surface area contributed by atoms with E-state index in [0.29, 0.717) is 11.3 Å². The average Bonchev–Trinajstić information content (AvgIpc) is 2.72. The maximum atomic E-state index is 13.3. The number of benzene rings is 3. The average molecular weight is 395 g/mol. The zero-order valence-corrected chi connectivity index (χ0v) is 16.4. The topological polar surface area (TPSA) is 63.7 Å². The Kier molecular flexibility index (Phi) is 5.80. The lowest BCUT2D eigenvalue weighted by Crippen LogP contribution is -2.31. The van der Waals surface area contributed by atoms with Crippen molar-refractivity contribution in [1.82, 2.24) is 0 Å². The van der Waals surface area contributed by atoms with E-state index >= 15 is 0 Å². The van der Waals surface area contributed by atoms with Crippen molar-refractivity contribution in [2.75, 3.05) is 17.5 Å². The van der Waals surface area contributed by atoms with E-state index in [0.717, 1.165) is 10.8 Å². The molecule has 0 spiro atoms. The molecule has 0 aliphatic carbocycles. The highest BCUT2D eigenvalue weighted by Crippen LogP contribution is 2.26. The Bertz CT molecular complexity index is 1100. The second-order valence-electron chi connectivity index (χ2n) is 6.10. The molecule has 3 aromatic carbocycles. The summed E-state index contributed by atoms with van der Waals surface area (Å²) in [5.41, 5.74) is 0.813. The highest BCUT2D eigenvalue weighted by Gasteiger charge is 2.24.